The lowest BCUT2D eigenvalue weighted by Crippen LogP contribution is -2.60. The van der Waals surface area contributed by atoms with E-state index < -0.39 is 0 Å². The quantitative estimate of drug-likeness (QED) is 0.709. The number of likely N-dealkylation sites (N-methyl/N-ethyl adjacent to an activating group) is 1. The zero-order valence-corrected chi connectivity index (χ0v) is 10.9. The van der Waals surface area contributed by atoms with Gasteiger partial charge in [-0.1, -0.05) is 12.2 Å². The lowest BCUT2D eigenvalue weighted by Gasteiger charge is -2.41. The Morgan fingerprint density at radius 3 is 2.94 bits per heavy atom. The average Bonchev–Trinajstić information content (AvgIpc) is 2.39. The molecule has 1 saturated heterocycles. The van der Waals surface area contributed by atoms with E-state index in [4.69, 9.17) is 0 Å². The monoisotopic (exact) mass is 237 g/mol. The minimum atomic E-state index is 0.00602. The fraction of sp³-hybridized carbons (Fsp3) is 0.769. The van der Waals surface area contributed by atoms with Crippen LogP contribution in [0.4, 0.5) is 0 Å². The SMILES string of the molecule is CN(C)C(=O)C1CNCCN1C1C=CCCC1. The molecule has 1 N–H and O–H groups in total. The molecule has 0 saturated carbocycles. The zero-order chi connectivity index (χ0) is 12.3. The number of carbonyl (C=O) groups excluding carboxylic acids is 1. The predicted octanol–water partition coefficient (Wildman–Crippen LogP) is 0.457. The van der Waals surface area contributed by atoms with Gasteiger partial charge in [0.25, 0.3) is 0 Å². The van der Waals surface area contributed by atoms with Crippen LogP contribution in [0.15, 0.2) is 12.2 Å². The van der Waals surface area contributed by atoms with Gasteiger partial charge < -0.3 is 10.2 Å². The first-order chi connectivity index (χ1) is 8.20. The summed E-state index contributed by atoms with van der Waals surface area (Å²) < 4.78 is 0. The second-order valence-electron chi connectivity index (χ2n) is 5.12. The van der Waals surface area contributed by atoms with Gasteiger partial charge in [-0.3, -0.25) is 9.69 Å². The Morgan fingerprint density at radius 2 is 2.29 bits per heavy atom. The van der Waals surface area contributed by atoms with Crippen LogP contribution in [0.3, 0.4) is 0 Å². The number of rotatable bonds is 2. The third-order valence-electron chi connectivity index (χ3n) is 3.67. The number of nitrogens with one attached hydrogen (secondary N) is 1. The summed E-state index contributed by atoms with van der Waals surface area (Å²) in [6.07, 6.45) is 8.16. The third-order valence-corrected chi connectivity index (χ3v) is 3.67. The smallest absolute Gasteiger partial charge is 0.240 e. The minimum Gasteiger partial charge on any atom is -0.347 e. The first kappa shape index (κ1) is 12.6. The van der Waals surface area contributed by atoms with Gasteiger partial charge in [0, 0.05) is 39.8 Å². The highest BCUT2D eigenvalue weighted by Crippen LogP contribution is 2.20. The Morgan fingerprint density at radius 1 is 1.47 bits per heavy atom. The number of allylic oxidation sites excluding steroid dienone is 1. The second kappa shape index (κ2) is 5.65. The molecule has 96 valence electrons. The summed E-state index contributed by atoms with van der Waals surface area (Å²) in [5, 5.41) is 3.33. The Kier molecular flexibility index (Phi) is 4.18. The molecule has 1 heterocycles. The van der Waals surface area contributed by atoms with Crippen molar-refractivity contribution in [2.24, 2.45) is 0 Å². The van der Waals surface area contributed by atoms with Gasteiger partial charge in [-0.2, -0.15) is 0 Å². The number of carbonyl (C=O) groups is 1. The van der Waals surface area contributed by atoms with E-state index in [0.29, 0.717) is 6.04 Å². The Bertz CT molecular complexity index is 301. The largest absolute Gasteiger partial charge is 0.347 e. The average molecular weight is 237 g/mol. The standard InChI is InChI=1S/C13H23N3O/c1-15(2)13(17)12-10-14-8-9-16(12)11-6-4-3-5-7-11/h4,6,11-12,14H,3,5,7-10H2,1-2H3. The molecule has 2 rings (SSSR count). The molecule has 1 amide bonds. The molecule has 1 fully saturated rings. The lowest BCUT2D eigenvalue weighted by atomic mass is 9.98. The maximum Gasteiger partial charge on any atom is 0.240 e. The molecule has 2 aliphatic rings. The second-order valence-corrected chi connectivity index (χ2v) is 5.12. The summed E-state index contributed by atoms with van der Waals surface area (Å²) in [6.45, 7) is 2.74. The lowest BCUT2D eigenvalue weighted by molar-refractivity contribution is -0.135. The van der Waals surface area contributed by atoms with Crippen LogP contribution in [0.5, 0.6) is 0 Å². The van der Waals surface area contributed by atoms with Crippen molar-refractivity contribution in [1.29, 1.82) is 0 Å². The molecule has 1 aliphatic heterocycles. The van der Waals surface area contributed by atoms with E-state index in [-0.39, 0.29) is 11.9 Å². The fourth-order valence-electron chi connectivity index (χ4n) is 2.71. The van der Waals surface area contributed by atoms with Crippen LogP contribution in [-0.4, -0.2) is 61.5 Å². The molecule has 2 unspecified atom stereocenters. The summed E-state index contributed by atoms with van der Waals surface area (Å²) in [7, 11) is 3.68. The molecule has 0 spiro atoms. The number of hydrogen-bond acceptors (Lipinski definition) is 3. The molecule has 0 aromatic rings. The first-order valence-electron chi connectivity index (χ1n) is 6.54. The van der Waals surface area contributed by atoms with E-state index >= 15 is 0 Å². The topological polar surface area (TPSA) is 35.6 Å². The van der Waals surface area contributed by atoms with Crippen LogP contribution in [0.2, 0.25) is 0 Å². The van der Waals surface area contributed by atoms with Crippen LogP contribution in [0.25, 0.3) is 0 Å². The Labute approximate surface area is 104 Å². The summed E-state index contributed by atoms with van der Waals surface area (Å²) >= 11 is 0. The summed E-state index contributed by atoms with van der Waals surface area (Å²) in [6, 6.07) is 0.464. The molecule has 1 aliphatic carbocycles. The molecule has 17 heavy (non-hydrogen) atoms. The highest BCUT2D eigenvalue weighted by molar-refractivity contribution is 5.81. The molecular weight excluding hydrogens is 214 g/mol. The number of hydrogen-bond donors (Lipinski definition) is 1. The Balaban J connectivity index is 2.08. The van der Waals surface area contributed by atoms with Crippen LogP contribution in [-0.2, 0) is 4.79 Å². The molecule has 4 heteroatoms. The third kappa shape index (κ3) is 2.87. The first-order valence-corrected chi connectivity index (χ1v) is 6.54. The van der Waals surface area contributed by atoms with Gasteiger partial charge in [0.15, 0.2) is 0 Å². The van der Waals surface area contributed by atoms with Gasteiger partial charge in [-0.15, -0.1) is 0 Å². The highest BCUT2D eigenvalue weighted by atomic mass is 16.2. The van der Waals surface area contributed by atoms with E-state index in [2.05, 4.69) is 22.4 Å². The molecule has 0 radical (unpaired) electrons. The van der Waals surface area contributed by atoms with E-state index in [1.165, 1.54) is 19.3 Å². The molecule has 0 bridgehead atoms. The van der Waals surface area contributed by atoms with Gasteiger partial charge in [-0.05, 0) is 19.3 Å². The fourth-order valence-corrected chi connectivity index (χ4v) is 2.71. The molecule has 2 atom stereocenters. The van der Waals surface area contributed by atoms with Gasteiger partial charge in [-0.25, -0.2) is 0 Å². The number of piperazine rings is 1. The molecule has 0 aromatic heterocycles. The van der Waals surface area contributed by atoms with Crippen molar-refractivity contribution >= 4 is 5.91 Å². The van der Waals surface area contributed by atoms with E-state index in [9.17, 15) is 4.79 Å². The highest BCUT2D eigenvalue weighted by Gasteiger charge is 2.33. The number of nitrogens with zero attached hydrogens (tertiary/aromatic N) is 2. The molecule has 4 nitrogen and oxygen atoms in total. The summed E-state index contributed by atoms with van der Waals surface area (Å²) in [5.74, 6) is 0.219. The van der Waals surface area contributed by atoms with Crippen LogP contribution in [0.1, 0.15) is 19.3 Å². The molecular formula is C13H23N3O. The maximum absolute atomic E-state index is 12.2. The summed E-state index contributed by atoms with van der Waals surface area (Å²) in [4.78, 5) is 16.2. The van der Waals surface area contributed by atoms with Crippen molar-refractivity contribution in [2.75, 3.05) is 33.7 Å². The van der Waals surface area contributed by atoms with Gasteiger partial charge in [0.05, 0.1) is 0 Å². The number of amides is 1. The van der Waals surface area contributed by atoms with Crippen molar-refractivity contribution in [3.63, 3.8) is 0 Å². The van der Waals surface area contributed by atoms with E-state index in [0.717, 1.165) is 19.6 Å². The maximum atomic E-state index is 12.2. The van der Waals surface area contributed by atoms with Gasteiger partial charge in [0.1, 0.15) is 6.04 Å². The normalized spacial score (nSPS) is 30.2. The summed E-state index contributed by atoms with van der Waals surface area (Å²) in [5.41, 5.74) is 0. The molecule has 0 aromatic carbocycles. The van der Waals surface area contributed by atoms with Crippen molar-refractivity contribution in [2.45, 2.75) is 31.3 Å². The van der Waals surface area contributed by atoms with Crippen molar-refractivity contribution in [1.82, 2.24) is 15.1 Å². The Hall–Kier alpha value is -0.870. The van der Waals surface area contributed by atoms with Crippen molar-refractivity contribution in [3.05, 3.63) is 12.2 Å². The van der Waals surface area contributed by atoms with Crippen LogP contribution < -0.4 is 5.32 Å². The van der Waals surface area contributed by atoms with E-state index in [1.54, 1.807) is 4.90 Å². The van der Waals surface area contributed by atoms with Crippen molar-refractivity contribution in [3.8, 4) is 0 Å². The minimum absolute atomic E-state index is 0.00602. The zero-order valence-electron chi connectivity index (χ0n) is 10.9. The van der Waals surface area contributed by atoms with Gasteiger partial charge >= 0.3 is 0 Å². The predicted molar refractivity (Wildman–Crippen MR) is 68.8 cm³/mol. The van der Waals surface area contributed by atoms with Gasteiger partial charge in [0.2, 0.25) is 5.91 Å². The van der Waals surface area contributed by atoms with Crippen LogP contribution >= 0.6 is 0 Å². The van der Waals surface area contributed by atoms with E-state index in [1.807, 2.05) is 14.1 Å². The van der Waals surface area contributed by atoms with Crippen LogP contribution in [0, 0.1) is 0 Å². The van der Waals surface area contributed by atoms with Crippen molar-refractivity contribution < 1.29 is 4.79 Å².